The summed E-state index contributed by atoms with van der Waals surface area (Å²) in [6, 6.07) is 0.490. The zero-order valence-electron chi connectivity index (χ0n) is 12.3. The first-order chi connectivity index (χ1) is 10.1. The Labute approximate surface area is 135 Å². The number of ether oxygens (including phenoxy) is 1. The number of nitrogens with zero attached hydrogens (tertiary/aromatic N) is 4. The lowest BCUT2D eigenvalue weighted by Gasteiger charge is -2.39. The van der Waals surface area contributed by atoms with Gasteiger partial charge in [-0.05, 0) is 6.42 Å². The van der Waals surface area contributed by atoms with E-state index in [1.165, 1.54) is 0 Å². The molecule has 116 valence electrons. The van der Waals surface area contributed by atoms with Gasteiger partial charge in [0.2, 0.25) is 0 Å². The molecule has 0 spiro atoms. The molecular weight excluding hydrogens is 310 g/mol. The maximum atomic E-state index is 6.19. The van der Waals surface area contributed by atoms with Gasteiger partial charge in [0.25, 0.3) is 0 Å². The smallest absolute Gasteiger partial charge is 0.318 e. The molecule has 1 fully saturated rings. The highest BCUT2D eigenvalue weighted by atomic mass is 35.5. The Morgan fingerprint density at radius 1 is 1.48 bits per heavy atom. The number of piperazine rings is 1. The Morgan fingerprint density at radius 3 is 2.67 bits per heavy atom. The van der Waals surface area contributed by atoms with E-state index in [-0.39, 0.29) is 6.04 Å². The van der Waals surface area contributed by atoms with Crippen molar-refractivity contribution in [3.63, 3.8) is 0 Å². The van der Waals surface area contributed by atoms with Crippen molar-refractivity contribution in [1.82, 2.24) is 14.9 Å². The molecule has 0 bridgehead atoms. The molecule has 1 atom stereocenters. The van der Waals surface area contributed by atoms with E-state index in [9.17, 15) is 0 Å². The predicted octanol–water partition coefficient (Wildman–Crippen LogP) is 1.33. The summed E-state index contributed by atoms with van der Waals surface area (Å²) in [5.74, 6) is 0.714. The fraction of sp³-hybridized carbons (Fsp3) is 0.615. The average molecular weight is 330 g/mol. The van der Waals surface area contributed by atoms with Crippen molar-refractivity contribution in [2.75, 3.05) is 38.2 Å². The fourth-order valence-electron chi connectivity index (χ4n) is 2.55. The molecule has 0 amide bonds. The third-order valence-electron chi connectivity index (χ3n) is 3.66. The zero-order chi connectivity index (χ0) is 15.4. The maximum Gasteiger partial charge on any atom is 0.318 e. The molecule has 1 aromatic rings. The molecule has 1 aromatic heterocycles. The first-order valence-corrected chi connectivity index (χ1v) is 7.70. The highest BCUT2D eigenvalue weighted by Gasteiger charge is 2.26. The van der Waals surface area contributed by atoms with Crippen LogP contribution in [0.4, 0.5) is 5.82 Å². The highest BCUT2D eigenvalue weighted by molar-refractivity contribution is 7.80. The minimum Gasteiger partial charge on any atom is -0.467 e. The van der Waals surface area contributed by atoms with Crippen molar-refractivity contribution in [3.05, 3.63) is 11.2 Å². The van der Waals surface area contributed by atoms with Gasteiger partial charge in [-0.1, -0.05) is 30.7 Å². The lowest BCUT2D eigenvalue weighted by Crippen LogP contribution is -2.53. The molecule has 1 aliphatic heterocycles. The molecule has 6 nitrogen and oxygen atoms in total. The van der Waals surface area contributed by atoms with Crippen molar-refractivity contribution in [3.8, 4) is 6.01 Å². The summed E-state index contributed by atoms with van der Waals surface area (Å²) in [6.45, 7) is 5.48. The van der Waals surface area contributed by atoms with E-state index in [0.717, 1.165) is 32.6 Å². The predicted molar refractivity (Wildman–Crippen MR) is 88.2 cm³/mol. The Morgan fingerprint density at radius 2 is 2.14 bits per heavy atom. The summed E-state index contributed by atoms with van der Waals surface area (Å²) >= 11 is 11.3. The largest absolute Gasteiger partial charge is 0.467 e. The number of thiocarbonyl (C=S) groups is 1. The van der Waals surface area contributed by atoms with Crippen molar-refractivity contribution >= 4 is 34.6 Å². The second kappa shape index (κ2) is 7.20. The minimum absolute atomic E-state index is 0.164. The van der Waals surface area contributed by atoms with Crippen molar-refractivity contribution in [2.45, 2.75) is 19.4 Å². The van der Waals surface area contributed by atoms with E-state index in [4.69, 9.17) is 34.3 Å². The Balaban J connectivity index is 2.05. The quantitative estimate of drug-likeness (QED) is 0.817. The summed E-state index contributed by atoms with van der Waals surface area (Å²) in [5, 5.41) is 0.533. The monoisotopic (exact) mass is 329 g/mol. The minimum atomic E-state index is 0.164. The molecule has 0 aromatic carbocycles. The molecular formula is C13H20ClN5OS. The topological polar surface area (TPSA) is 67.5 Å². The average Bonchev–Trinajstić information content (AvgIpc) is 2.49. The van der Waals surface area contributed by atoms with Crippen LogP contribution < -0.4 is 15.4 Å². The second-order valence-corrected chi connectivity index (χ2v) is 5.76. The van der Waals surface area contributed by atoms with E-state index in [2.05, 4.69) is 26.7 Å². The number of hydrogen-bond donors (Lipinski definition) is 1. The van der Waals surface area contributed by atoms with E-state index < -0.39 is 0 Å². The van der Waals surface area contributed by atoms with E-state index in [1.54, 1.807) is 13.3 Å². The highest BCUT2D eigenvalue weighted by Crippen LogP contribution is 2.25. The van der Waals surface area contributed by atoms with Crippen LogP contribution >= 0.6 is 23.8 Å². The van der Waals surface area contributed by atoms with Gasteiger partial charge in [-0.3, -0.25) is 4.90 Å². The number of anilines is 1. The van der Waals surface area contributed by atoms with Gasteiger partial charge in [0, 0.05) is 26.2 Å². The Hall–Kier alpha value is -1.18. The molecule has 1 unspecified atom stereocenters. The van der Waals surface area contributed by atoms with Crippen LogP contribution in [0.3, 0.4) is 0 Å². The Kier molecular flexibility index (Phi) is 5.55. The van der Waals surface area contributed by atoms with Crippen LogP contribution in [0.5, 0.6) is 6.01 Å². The molecule has 8 heteroatoms. The first-order valence-electron chi connectivity index (χ1n) is 6.91. The second-order valence-electron chi connectivity index (χ2n) is 4.88. The third kappa shape index (κ3) is 3.72. The summed E-state index contributed by atoms with van der Waals surface area (Å²) in [6.07, 6.45) is 2.50. The molecule has 21 heavy (non-hydrogen) atoms. The van der Waals surface area contributed by atoms with E-state index >= 15 is 0 Å². The number of hydrogen-bond acceptors (Lipinski definition) is 6. The summed E-state index contributed by atoms with van der Waals surface area (Å²) in [5.41, 5.74) is 5.80. The standard InChI is InChI=1S/C13H20ClN5OS/c1-3-10(11(15)21)18-4-6-19(7-5-18)12-9(14)8-16-13(17-12)20-2/h8,10H,3-7H2,1-2H3,(H2,15,21). The molecule has 1 saturated heterocycles. The zero-order valence-corrected chi connectivity index (χ0v) is 13.8. The lowest BCUT2D eigenvalue weighted by atomic mass is 10.1. The van der Waals surface area contributed by atoms with E-state index in [1.807, 2.05) is 0 Å². The number of rotatable bonds is 5. The fourth-order valence-corrected chi connectivity index (χ4v) is 3.07. The number of methoxy groups -OCH3 is 1. The van der Waals surface area contributed by atoms with Gasteiger partial charge < -0.3 is 15.4 Å². The molecule has 1 aliphatic rings. The first kappa shape index (κ1) is 16.2. The van der Waals surface area contributed by atoms with Gasteiger partial charge in [0.15, 0.2) is 5.82 Å². The van der Waals surface area contributed by atoms with Crippen molar-refractivity contribution in [2.24, 2.45) is 5.73 Å². The van der Waals surface area contributed by atoms with Crippen LogP contribution in [0.25, 0.3) is 0 Å². The molecule has 2 rings (SSSR count). The van der Waals surface area contributed by atoms with Crippen LogP contribution in [-0.4, -0.2) is 59.2 Å². The van der Waals surface area contributed by atoms with Crippen molar-refractivity contribution in [1.29, 1.82) is 0 Å². The number of nitrogens with two attached hydrogens (primary N) is 1. The summed E-state index contributed by atoms with van der Waals surface area (Å²) in [7, 11) is 1.54. The molecule has 2 N–H and O–H groups in total. The Bertz CT molecular complexity index is 507. The van der Waals surface area contributed by atoms with Gasteiger partial charge in [0.05, 0.1) is 24.3 Å². The van der Waals surface area contributed by atoms with Crippen LogP contribution in [0.1, 0.15) is 13.3 Å². The summed E-state index contributed by atoms with van der Waals surface area (Å²) < 4.78 is 5.06. The molecule has 0 aliphatic carbocycles. The lowest BCUT2D eigenvalue weighted by molar-refractivity contribution is 0.223. The van der Waals surface area contributed by atoms with Gasteiger partial charge in [-0.25, -0.2) is 4.98 Å². The third-order valence-corrected chi connectivity index (χ3v) is 4.19. The molecule has 0 radical (unpaired) electrons. The van der Waals surface area contributed by atoms with Gasteiger partial charge >= 0.3 is 6.01 Å². The summed E-state index contributed by atoms with van der Waals surface area (Å²) in [4.78, 5) is 13.3. The van der Waals surface area contributed by atoms with Crippen molar-refractivity contribution < 1.29 is 4.74 Å². The number of aromatic nitrogens is 2. The van der Waals surface area contributed by atoms with Gasteiger partial charge in [0.1, 0.15) is 5.02 Å². The van der Waals surface area contributed by atoms with Gasteiger partial charge in [-0.15, -0.1) is 0 Å². The SMILES string of the molecule is CCC(C(N)=S)N1CCN(c2nc(OC)ncc2Cl)CC1. The van der Waals surface area contributed by atoms with E-state index in [0.29, 0.717) is 21.8 Å². The maximum absolute atomic E-state index is 6.19. The molecule has 0 saturated carbocycles. The van der Waals surface area contributed by atoms with Gasteiger partial charge in [-0.2, -0.15) is 4.98 Å². The van der Waals surface area contributed by atoms with Crippen LogP contribution in [0.15, 0.2) is 6.20 Å². The number of halogens is 1. The van der Waals surface area contributed by atoms with Crippen LogP contribution in [0.2, 0.25) is 5.02 Å². The van der Waals surface area contributed by atoms with Crippen LogP contribution in [-0.2, 0) is 0 Å². The molecule has 2 heterocycles. The van der Waals surface area contributed by atoms with Crippen LogP contribution in [0, 0.1) is 0 Å². The normalized spacial score (nSPS) is 17.6.